The fraction of sp³-hybridized carbons (Fsp3) is 0.0164. The van der Waals surface area contributed by atoms with Crippen molar-refractivity contribution in [3.8, 4) is 22.3 Å². The monoisotopic (exact) mass is 801 g/mol. The fourth-order valence-electron chi connectivity index (χ4n) is 10.8. The van der Waals surface area contributed by atoms with Crippen LogP contribution in [0.2, 0.25) is 0 Å². The number of hydrogen-bond donors (Lipinski definition) is 0. The molecule has 0 bridgehead atoms. The third kappa shape index (κ3) is 5.25. The number of nitrogens with zero attached hydrogens (tertiary/aromatic N) is 1. The molecule has 0 aliphatic heterocycles. The van der Waals surface area contributed by atoms with Crippen LogP contribution in [0.3, 0.4) is 0 Å². The van der Waals surface area contributed by atoms with Crippen molar-refractivity contribution in [1.82, 2.24) is 0 Å². The lowest BCUT2D eigenvalue weighted by molar-refractivity contribution is 0.669. The van der Waals surface area contributed by atoms with Gasteiger partial charge in [-0.3, -0.25) is 0 Å². The summed E-state index contributed by atoms with van der Waals surface area (Å²) in [7, 11) is 0. The van der Waals surface area contributed by atoms with Crippen LogP contribution in [0.15, 0.2) is 241 Å². The van der Waals surface area contributed by atoms with Gasteiger partial charge in [0.05, 0.1) is 11.1 Å². The average molecular weight is 802 g/mol. The van der Waals surface area contributed by atoms with Crippen molar-refractivity contribution in [2.24, 2.45) is 0 Å². The van der Waals surface area contributed by atoms with E-state index in [0.29, 0.717) is 0 Å². The van der Waals surface area contributed by atoms with E-state index in [0.717, 1.165) is 44.6 Å². The lowest BCUT2D eigenvalue weighted by Crippen LogP contribution is -2.28. The Morgan fingerprint density at radius 1 is 0.317 bits per heavy atom. The van der Waals surface area contributed by atoms with Gasteiger partial charge in [0.15, 0.2) is 5.58 Å². The molecule has 0 N–H and O–H groups in total. The van der Waals surface area contributed by atoms with Crippen molar-refractivity contribution in [3.05, 3.63) is 259 Å². The first-order valence-electron chi connectivity index (χ1n) is 21.8. The Morgan fingerprint density at radius 3 is 1.54 bits per heavy atom. The van der Waals surface area contributed by atoms with E-state index in [2.05, 4.69) is 235 Å². The van der Waals surface area contributed by atoms with E-state index in [1.807, 2.05) is 6.07 Å². The molecule has 2 nitrogen and oxygen atoms in total. The standard InChI is InChI=1S/C61H39NO/c1-3-16-42(17-4-1)61(43-18-5-2-6-19-43)56-27-13-11-24-51(56)52-37-35-45(39-57(52)61)62(58-28-15-26-54-53-25-12-14-29-59(53)63-60(54)58)44-33-30-40(31-34-44)41-32-36-50-48-22-8-7-20-46(48)47-21-9-10-23-49(47)55(50)38-41/h1-39H. The zero-order valence-corrected chi connectivity index (χ0v) is 34.4. The number of furan rings is 1. The summed E-state index contributed by atoms with van der Waals surface area (Å²) in [5, 5.41) is 9.87. The quantitative estimate of drug-likeness (QED) is 0.156. The molecule has 1 aliphatic rings. The molecule has 63 heavy (non-hydrogen) atoms. The zero-order valence-electron chi connectivity index (χ0n) is 34.4. The van der Waals surface area contributed by atoms with Gasteiger partial charge in [0.1, 0.15) is 5.58 Å². The van der Waals surface area contributed by atoms with Crippen LogP contribution in [0.25, 0.3) is 76.5 Å². The van der Waals surface area contributed by atoms with Gasteiger partial charge >= 0.3 is 0 Å². The fourth-order valence-corrected chi connectivity index (χ4v) is 10.8. The highest BCUT2D eigenvalue weighted by atomic mass is 16.3. The highest BCUT2D eigenvalue weighted by Gasteiger charge is 2.46. The molecule has 0 spiro atoms. The zero-order chi connectivity index (χ0) is 41.5. The van der Waals surface area contributed by atoms with Gasteiger partial charge in [0, 0.05) is 22.1 Å². The third-order valence-corrected chi connectivity index (χ3v) is 13.5. The van der Waals surface area contributed by atoms with Gasteiger partial charge in [-0.1, -0.05) is 194 Å². The minimum atomic E-state index is -0.531. The Balaban J connectivity index is 1.02. The second kappa shape index (κ2) is 13.9. The van der Waals surface area contributed by atoms with Crippen LogP contribution in [-0.4, -0.2) is 0 Å². The van der Waals surface area contributed by atoms with Gasteiger partial charge in [-0.15, -0.1) is 0 Å². The van der Waals surface area contributed by atoms with E-state index in [4.69, 9.17) is 4.42 Å². The third-order valence-electron chi connectivity index (χ3n) is 13.5. The maximum Gasteiger partial charge on any atom is 0.159 e. The van der Waals surface area contributed by atoms with Gasteiger partial charge in [-0.05, 0) is 119 Å². The van der Waals surface area contributed by atoms with Gasteiger partial charge in [-0.25, -0.2) is 0 Å². The highest BCUT2D eigenvalue weighted by Crippen LogP contribution is 2.57. The summed E-state index contributed by atoms with van der Waals surface area (Å²) in [5.41, 5.74) is 14.2. The number of hydrogen-bond acceptors (Lipinski definition) is 2. The summed E-state index contributed by atoms with van der Waals surface area (Å²) in [4.78, 5) is 2.39. The molecule has 0 unspecified atom stereocenters. The minimum Gasteiger partial charge on any atom is -0.454 e. The van der Waals surface area contributed by atoms with Crippen LogP contribution in [-0.2, 0) is 5.41 Å². The first kappa shape index (κ1) is 35.5. The Hall–Kier alpha value is -8.20. The smallest absolute Gasteiger partial charge is 0.159 e. The molecule has 0 saturated carbocycles. The predicted molar refractivity (Wildman–Crippen MR) is 264 cm³/mol. The van der Waals surface area contributed by atoms with Crippen molar-refractivity contribution >= 4 is 71.3 Å². The van der Waals surface area contributed by atoms with Crippen molar-refractivity contribution in [2.75, 3.05) is 4.90 Å². The van der Waals surface area contributed by atoms with E-state index in [1.165, 1.54) is 71.3 Å². The Labute approximate surface area is 365 Å². The van der Waals surface area contributed by atoms with E-state index in [9.17, 15) is 0 Å². The minimum absolute atomic E-state index is 0.531. The normalized spacial score (nSPS) is 12.9. The molecule has 11 aromatic carbocycles. The summed E-state index contributed by atoms with van der Waals surface area (Å²) in [6, 6.07) is 86.5. The molecule has 1 heterocycles. The molecule has 2 heteroatoms. The highest BCUT2D eigenvalue weighted by molar-refractivity contribution is 6.25. The van der Waals surface area contributed by atoms with Crippen LogP contribution in [0.5, 0.6) is 0 Å². The molecular weight excluding hydrogens is 763 g/mol. The SMILES string of the molecule is c1ccc(C2(c3ccccc3)c3ccccc3-c3ccc(N(c4ccc(-c5ccc6c7ccccc7c7ccccc7c6c5)cc4)c4cccc5c4oc4ccccc45)cc32)cc1. The number of para-hydroxylation sites is 2. The molecule has 0 fully saturated rings. The molecule has 13 rings (SSSR count). The first-order chi connectivity index (χ1) is 31.3. The average Bonchev–Trinajstić information content (AvgIpc) is 3.89. The molecule has 0 radical (unpaired) electrons. The summed E-state index contributed by atoms with van der Waals surface area (Å²) < 4.78 is 6.79. The largest absolute Gasteiger partial charge is 0.454 e. The second-order valence-corrected chi connectivity index (χ2v) is 16.7. The molecule has 1 aromatic heterocycles. The molecule has 294 valence electrons. The predicted octanol–water partition coefficient (Wildman–Crippen LogP) is 16.5. The first-order valence-corrected chi connectivity index (χ1v) is 21.8. The molecule has 1 aliphatic carbocycles. The lowest BCUT2D eigenvalue weighted by Gasteiger charge is -2.35. The van der Waals surface area contributed by atoms with Crippen molar-refractivity contribution < 1.29 is 4.42 Å². The molecular formula is C61H39NO. The van der Waals surface area contributed by atoms with Gasteiger partial charge in [0.25, 0.3) is 0 Å². The van der Waals surface area contributed by atoms with E-state index < -0.39 is 5.41 Å². The van der Waals surface area contributed by atoms with Crippen LogP contribution in [0.4, 0.5) is 17.1 Å². The van der Waals surface area contributed by atoms with Crippen LogP contribution in [0, 0.1) is 0 Å². The lowest BCUT2D eigenvalue weighted by atomic mass is 9.67. The maximum absolute atomic E-state index is 6.79. The van der Waals surface area contributed by atoms with Crippen LogP contribution < -0.4 is 4.90 Å². The number of benzene rings is 11. The number of rotatable bonds is 6. The maximum atomic E-state index is 6.79. The van der Waals surface area contributed by atoms with E-state index in [1.54, 1.807) is 0 Å². The molecule has 0 amide bonds. The van der Waals surface area contributed by atoms with E-state index in [-0.39, 0.29) is 0 Å². The topological polar surface area (TPSA) is 16.4 Å². The summed E-state index contributed by atoms with van der Waals surface area (Å²) in [5.74, 6) is 0. The van der Waals surface area contributed by atoms with Crippen LogP contribution in [0.1, 0.15) is 22.3 Å². The van der Waals surface area contributed by atoms with Gasteiger partial charge < -0.3 is 9.32 Å². The number of fused-ring (bicyclic) bond motifs is 12. The number of anilines is 3. The van der Waals surface area contributed by atoms with Crippen molar-refractivity contribution in [3.63, 3.8) is 0 Å². The van der Waals surface area contributed by atoms with E-state index >= 15 is 0 Å². The van der Waals surface area contributed by atoms with Gasteiger partial charge in [-0.2, -0.15) is 0 Å². The molecule has 0 saturated heterocycles. The van der Waals surface area contributed by atoms with Crippen LogP contribution >= 0.6 is 0 Å². The Kier molecular flexibility index (Phi) is 7.85. The summed E-state index contributed by atoms with van der Waals surface area (Å²) in [6.07, 6.45) is 0. The second-order valence-electron chi connectivity index (χ2n) is 16.7. The summed E-state index contributed by atoms with van der Waals surface area (Å²) in [6.45, 7) is 0. The molecule has 0 atom stereocenters. The Bertz CT molecular complexity index is 3660. The van der Waals surface area contributed by atoms with Crippen molar-refractivity contribution in [1.29, 1.82) is 0 Å². The summed E-state index contributed by atoms with van der Waals surface area (Å²) >= 11 is 0. The molecule has 12 aromatic rings. The van der Waals surface area contributed by atoms with Gasteiger partial charge in [0.2, 0.25) is 0 Å². The van der Waals surface area contributed by atoms with Crippen molar-refractivity contribution in [2.45, 2.75) is 5.41 Å². The Morgan fingerprint density at radius 2 is 0.841 bits per heavy atom.